The van der Waals surface area contributed by atoms with Crippen molar-refractivity contribution in [1.29, 1.82) is 0 Å². The zero-order valence-corrected chi connectivity index (χ0v) is 11.4. The number of rotatable bonds is 4. The molecule has 0 aromatic heterocycles. The minimum absolute atomic E-state index is 0.0366. The van der Waals surface area contributed by atoms with E-state index in [1.54, 1.807) is 0 Å². The molecule has 1 unspecified atom stereocenters. The Labute approximate surface area is 108 Å². The third-order valence-corrected chi connectivity index (χ3v) is 3.43. The van der Waals surface area contributed by atoms with Crippen molar-refractivity contribution in [1.82, 2.24) is 15.1 Å². The van der Waals surface area contributed by atoms with Gasteiger partial charge in [0.1, 0.15) is 0 Å². The summed E-state index contributed by atoms with van der Waals surface area (Å²) in [6, 6.07) is 0.153. The lowest BCUT2D eigenvalue weighted by Crippen LogP contribution is -2.55. The molecule has 0 aliphatic carbocycles. The molecular weight excluding hydrogens is 236 g/mol. The second-order valence-corrected chi connectivity index (χ2v) is 4.80. The monoisotopic (exact) mass is 258 g/mol. The fourth-order valence-electron chi connectivity index (χ4n) is 1.84. The molecule has 0 saturated carbocycles. The van der Waals surface area contributed by atoms with E-state index in [4.69, 9.17) is 18.0 Å². The van der Waals surface area contributed by atoms with E-state index < -0.39 is 0 Å². The number of nitrogens with one attached hydrogen (secondary N) is 1. The van der Waals surface area contributed by atoms with Gasteiger partial charge in [0.2, 0.25) is 0 Å². The summed E-state index contributed by atoms with van der Waals surface area (Å²) in [7, 11) is 0. The molecule has 6 heteroatoms. The Bertz CT molecular complexity index is 277. The first-order valence-electron chi connectivity index (χ1n) is 6.12. The van der Waals surface area contributed by atoms with Gasteiger partial charge in [-0.2, -0.15) is 0 Å². The van der Waals surface area contributed by atoms with E-state index in [1.165, 1.54) is 0 Å². The Morgan fingerprint density at radius 3 is 2.47 bits per heavy atom. The molecule has 1 fully saturated rings. The number of urea groups is 1. The lowest BCUT2D eigenvalue weighted by molar-refractivity contribution is 0.132. The van der Waals surface area contributed by atoms with Crippen molar-refractivity contribution < 1.29 is 4.79 Å². The molecule has 17 heavy (non-hydrogen) atoms. The van der Waals surface area contributed by atoms with E-state index in [9.17, 15) is 4.79 Å². The van der Waals surface area contributed by atoms with Crippen molar-refractivity contribution in [2.45, 2.75) is 26.3 Å². The highest BCUT2D eigenvalue weighted by Crippen LogP contribution is 2.06. The first-order valence-corrected chi connectivity index (χ1v) is 6.53. The minimum atomic E-state index is 0.0366. The van der Waals surface area contributed by atoms with Gasteiger partial charge in [-0.1, -0.05) is 19.1 Å². The summed E-state index contributed by atoms with van der Waals surface area (Å²) < 4.78 is 0. The summed E-state index contributed by atoms with van der Waals surface area (Å²) in [5, 5.41) is 2.89. The molecule has 0 aromatic carbocycles. The fourth-order valence-corrected chi connectivity index (χ4v) is 1.99. The molecule has 0 spiro atoms. The lowest BCUT2D eigenvalue weighted by atomic mass is 10.2. The summed E-state index contributed by atoms with van der Waals surface area (Å²) in [6.45, 7) is 7.93. The largest absolute Gasteiger partial charge is 0.392 e. The van der Waals surface area contributed by atoms with Crippen LogP contribution >= 0.6 is 12.2 Å². The highest BCUT2D eigenvalue weighted by Gasteiger charge is 2.24. The van der Waals surface area contributed by atoms with Gasteiger partial charge in [-0.25, -0.2) is 4.79 Å². The first kappa shape index (κ1) is 14.2. The van der Waals surface area contributed by atoms with E-state index >= 15 is 0 Å². The highest BCUT2D eigenvalue weighted by molar-refractivity contribution is 7.80. The molecule has 0 bridgehead atoms. The molecule has 0 radical (unpaired) electrons. The van der Waals surface area contributed by atoms with Crippen molar-refractivity contribution in [3.63, 3.8) is 0 Å². The molecule has 1 atom stereocenters. The fraction of sp³-hybridized carbons (Fsp3) is 0.818. The van der Waals surface area contributed by atoms with Crippen molar-refractivity contribution >= 4 is 23.2 Å². The third kappa shape index (κ3) is 4.12. The molecule has 3 N–H and O–H groups in total. The van der Waals surface area contributed by atoms with Crippen molar-refractivity contribution in [2.24, 2.45) is 5.73 Å². The van der Waals surface area contributed by atoms with Gasteiger partial charge in [-0.15, -0.1) is 0 Å². The number of thiocarbonyl (C=S) groups is 1. The van der Waals surface area contributed by atoms with E-state index in [-0.39, 0.29) is 12.1 Å². The van der Waals surface area contributed by atoms with Crippen LogP contribution in [-0.2, 0) is 0 Å². The number of amides is 2. The molecule has 98 valence electrons. The van der Waals surface area contributed by atoms with Gasteiger partial charge in [-0.05, 0) is 13.3 Å². The first-order chi connectivity index (χ1) is 8.06. The Morgan fingerprint density at radius 1 is 1.41 bits per heavy atom. The second-order valence-electron chi connectivity index (χ2n) is 4.33. The lowest BCUT2D eigenvalue weighted by Gasteiger charge is -2.37. The zero-order chi connectivity index (χ0) is 12.8. The SMILES string of the molecule is CCCNC(=O)N1CCN(C(C)C(N)=S)CC1. The van der Waals surface area contributed by atoms with Crippen LogP contribution in [0.2, 0.25) is 0 Å². The summed E-state index contributed by atoms with van der Waals surface area (Å²) in [5.41, 5.74) is 5.62. The van der Waals surface area contributed by atoms with Crippen LogP contribution in [0, 0.1) is 0 Å². The molecular formula is C11H22N4OS. The average Bonchev–Trinajstić information content (AvgIpc) is 2.35. The predicted octanol–water partition coefficient (Wildman–Crippen LogP) is 0.398. The summed E-state index contributed by atoms with van der Waals surface area (Å²) >= 11 is 4.98. The van der Waals surface area contributed by atoms with Crippen molar-refractivity contribution in [3.8, 4) is 0 Å². The molecule has 1 heterocycles. The van der Waals surface area contributed by atoms with E-state index in [0.29, 0.717) is 4.99 Å². The van der Waals surface area contributed by atoms with Gasteiger partial charge < -0.3 is 16.0 Å². The summed E-state index contributed by atoms with van der Waals surface area (Å²) in [5.74, 6) is 0. The number of piperazine rings is 1. The minimum Gasteiger partial charge on any atom is -0.392 e. The summed E-state index contributed by atoms with van der Waals surface area (Å²) in [4.78, 5) is 16.3. The number of carbonyl (C=O) groups is 1. The molecule has 1 aliphatic rings. The Hall–Kier alpha value is -0.880. The van der Waals surface area contributed by atoms with E-state index in [1.807, 2.05) is 18.7 Å². The quantitative estimate of drug-likeness (QED) is 0.717. The van der Waals surface area contributed by atoms with Crippen LogP contribution in [0.4, 0.5) is 4.79 Å². The van der Waals surface area contributed by atoms with Crippen LogP contribution in [0.1, 0.15) is 20.3 Å². The topological polar surface area (TPSA) is 61.6 Å². The average molecular weight is 258 g/mol. The van der Waals surface area contributed by atoms with Crippen LogP contribution in [0.15, 0.2) is 0 Å². The van der Waals surface area contributed by atoms with Crippen molar-refractivity contribution in [3.05, 3.63) is 0 Å². The van der Waals surface area contributed by atoms with Crippen LogP contribution in [0.3, 0.4) is 0 Å². The van der Waals surface area contributed by atoms with E-state index in [0.717, 1.165) is 39.1 Å². The Morgan fingerprint density at radius 2 is 2.00 bits per heavy atom. The van der Waals surface area contributed by atoms with Crippen molar-refractivity contribution in [2.75, 3.05) is 32.7 Å². The highest BCUT2D eigenvalue weighted by atomic mass is 32.1. The van der Waals surface area contributed by atoms with E-state index in [2.05, 4.69) is 10.2 Å². The van der Waals surface area contributed by atoms with Gasteiger partial charge in [0.05, 0.1) is 11.0 Å². The zero-order valence-electron chi connectivity index (χ0n) is 10.6. The van der Waals surface area contributed by atoms with Gasteiger partial charge in [0, 0.05) is 32.7 Å². The Kier molecular flexibility index (Phi) is 5.64. The molecule has 1 rings (SSSR count). The maximum atomic E-state index is 11.7. The van der Waals surface area contributed by atoms with Crippen LogP contribution in [0.5, 0.6) is 0 Å². The third-order valence-electron chi connectivity index (χ3n) is 3.09. The Balaban J connectivity index is 2.35. The predicted molar refractivity (Wildman–Crippen MR) is 73.1 cm³/mol. The molecule has 2 amide bonds. The van der Waals surface area contributed by atoms with Gasteiger partial charge in [0.15, 0.2) is 0 Å². The maximum absolute atomic E-state index is 11.7. The molecule has 1 saturated heterocycles. The molecule has 5 nitrogen and oxygen atoms in total. The number of hydrogen-bond donors (Lipinski definition) is 2. The van der Waals surface area contributed by atoms with Gasteiger partial charge >= 0.3 is 6.03 Å². The number of hydrogen-bond acceptors (Lipinski definition) is 3. The van der Waals surface area contributed by atoms with Gasteiger partial charge in [-0.3, -0.25) is 4.90 Å². The maximum Gasteiger partial charge on any atom is 0.317 e. The number of nitrogens with zero attached hydrogens (tertiary/aromatic N) is 2. The van der Waals surface area contributed by atoms with Crippen LogP contribution in [-0.4, -0.2) is 59.6 Å². The number of nitrogens with two attached hydrogens (primary N) is 1. The molecule has 1 aliphatic heterocycles. The number of carbonyl (C=O) groups excluding carboxylic acids is 1. The van der Waals surface area contributed by atoms with Gasteiger partial charge in [0.25, 0.3) is 0 Å². The normalized spacial score (nSPS) is 18.8. The van der Waals surface area contributed by atoms with Crippen LogP contribution < -0.4 is 11.1 Å². The smallest absolute Gasteiger partial charge is 0.317 e. The molecule has 0 aromatic rings. The summed E-state index contributed by atoms with van der Waals surface area (Å²) in [6.07, 6.45) is 0.962. The van der Waals surface area contributed by atoms with Crippen LogP contribution in [0.25, 0.3) is 0 Å². The second kappa shape index (κ2) is 6.76. The standard InChI is InChI=1S/C11H22N4OS/c1-3-4-13-11(16)15-7-5-14(6-8-15)9(2)10(12)17/h9H,3-8H2,1-2H3,(H2,12,17)(H,13,16).